The van der Waals surface area contributed by atoms with Gasteiger partial charge in [0, 0.05) is 44.0 Å². The molecule has 2 aromatic rings. The molecule has 200 valence electrons. The van der Waals surface area contributed by atoms with Gasteiger partial charge in [-0.3, -0.25) is 14.3 Å². The highest BCUT2D eigenvalue weighted by Crippen LogP contribution is 2.33. The smallest absolute Gasteiger partial charge is 0.274 e. The molecule has 0 spiro atoms. The van der Waals surface area contributed by atoms with Crippen molar-refractivity contribution in [2.24, 2.45) is 0 Å². The number of likely N-dealkylation sites (tertiary alicyclic amines) is 1. The second-order valence-electron chi connectivity index (χ2n) is 10.5. The maximum Gasteiger partial charge on any atom is 0.274 e. The fourth-order valence-corrected chi connectivity index (χ4v) is 5.76. The normalized spacial score (nSPS) is 24.2. The van der Waals surface area contributed by atoms with Gasteiger partial charge in [0.25, 0.3) is 5.91 Å². The summed E-state index contributed by atoms with van der Waals surface area (Å²) in [4.78, 5) is 32.0. The molecular weight excluding hydrogens is 477 g/mol. The maximum atomic E-state index is 14.1. The van der Waals surface area contributed by atoms with Gasteiger partial charge in [-0.25, -0.2) is 4.39 Å². The van der Waals surface area contributed by atoms with Gasteiger partial charge in [0.05, 0.1) is 24.4 Å². The van der Waals surface area contributed by atoms with Gasteiger partial charge in [-0.05, 0) is 56.7 Å². The third-order valence-corrected chi connectivity index (χ3v) is 8.14. The minimum absolute atomic E-state index is 0.0550. The number of piperazine rings is 1. The molecule has 2 saturated heterocycles. The Morgan fingerprint density at radius 2 is 1.81 bits per heavy atom. The summed E-state index contributed by atoms with van der Waals surface area (Å²) in [6, 6.07) is 6.27. The Hall–Kier alpha value is -2.98. The number of anilines is 1. The predicted molar refractivity (Wildman–Crippen MR) is 136 cm³/mol. The van der Waals surface area contributed by atoms with E-state index in [1.807, 2.05) is 4.90 Å². The number of piperidine rings is 1. The number of rotatable bonds is 4. The van der Waals surface area contributed by atoms with Gasteiger partial charge in [0.15, 0.2) is 5.69 Å². The van der Waals surface area contributed by atoms with Crippen LogP contribution in [0.3, 0.4) is 0 Å². The number of hydrogen-bond donors (Lipinski definition) is 2. The van der Waals surface area contributed by atoms with Crippen molar-refractivity contribution in [3.8, 4) is 0 Å². The highest BCUT2D eigenvalue weighted by Gasteiger charge is 2.36. The van der Waals surface area contributed by atoms with Gasteiger partial charge in [-0.2, -0.15) is 5.10 Å². The summed E-state index contributed by atoms with van der Waals surface area (Å²) in [6.07, 6.45) is -1.37. The van der Waals surface area contributed by atoms with Gasteiger partial charge in [-0.15, -0.1) is 0 Å². The molecule has 3 atom stereocenters. The van der Waals surface area contributed by atoms with Crippen LogP contribution in [0, 0.1) is 13.8 Å². The lowest BCUT2D eigenvalue weighted by atomic mass is 9.93. The zero-order valence-electron chi connectivity index (χ0n) is 21.6. The molecule has 1 aliphatic carbocycles. The largest absolute Gasteiger partial charge is 0.390 e. The van der Waals surface area contributed by atoms with Gasteiger partial charge < -0.3 is 24.9 Å². The van der Waals surface area contributed by atoms with Crippen LogP contribution in [0.25, 0.3) is 0 Å². The zero-order chi connectivity index (χ0) is 26.3. The predicted octanol–water partition coefficient (Wildman–Crippen LogP) is 1.76. The summed E-state index contributed by atoms with van der Waals surface area (Å²) in [5, 5.41) is 24.9. The number of aliphatic hydroxyl groups excluding tert-OH is 2. The van der Waals surface area contributed by atoms with E-state index < -0.39 is 24.3 Å². The SMILES string of the molecule is Cc1cccc(N2CCN(C(=O)Cn3nc(C(=O)N4CC[C@H](O)[C@H](F)C4)c4c3C(O)CCC4)CC2)c1C. The number of nitrogens with zero attached hydrogens (tertiary/aromatic N) is 5. The van der Waals surface area contributed by atoms with Gasteiger partial charge in [-0.1, -0.05) is 12.1 Å². The number of benzene rings is 1. The number of carbonyl (C=O) groups is 2. The standard InChI is InChI=1S/C27H36FN5O4/c1-17-5-3-7-21(18(17)2)30-11-13-31(14-12-30)24(36)16-33-26-19(6-4-8-23(26)35)25(29-33)27(37)32-10-9-22(34)20(28)15-32/h3,5,7,20,22-23,34-35H,4,6,8-16H2,1-2H3/t20-,22+,23?/m1/s1. The Morgan fingerprint density at radius 1 is 1.05 bits per heavy atom. The zero-order valence-corrected chi connectivity index (χ0v) is 21.6. The molecule has 2 N–H and O–H groups in total. The quantitative estimate of drug-likeness (QED) is 0.646. The highest BCUT2D eigenvalue weighted by molar-refractivity contribution is 5.94. The molecular formula is C27H36FN5O4. The van der Waals surface area contributed by atoms with Crippen LogP contribution in [0.1, 0.15) is 58.2 Å². The molecule has 3 aliphatic rings. The third-order valence-electron chi connectivity index (χ3n) is 8.14. The number of fused-ring (bicyclic) bond motifs is 1. The fourth-order valence-electron chi connectivity index (χ4n) is 5.76. The summed E-state index contributed by atoms with van der Waals surface area (Å²) in [5.41, 5.74) is 5.04. The molecule has 9 nitrogen and oxygen atoms in total. The van der Waals surface area contributed by atoms with Crippen molar-refractivity contribution in [3.05, 3.63) is 46.3 Å². The summed E-state index contributed by atoms with van der Waals surface area (Å²) in [7, 11) is 0. The van der Waals surface area contributed by atoms with Gasteiger partial charge >= 0.3 is 0 Å². The molecule has 37 heavy (non-hydrogen) atoms. The van der Waals surface area contributed by atoms with Crippen LogP contribution in [0.15, 0.2) is 18.2 Å². The maximum absolute atomic E-state index is 14.1. The number of aliphatic hydroxyl groups is 2. The van der Waals surface area contributed by atoms with Crippen LogP contribution in [0.5, 0.6) is 0 Å². The Kier molecular flexibility index (Phi) is 7.22. The van der Waals surface area contributed by atoms with Crippen molar-refractivity contribution in [1.82, 2.24) is 19.6 Å². The minimum Gasteiger partial charge on any atom is -0.390 e. The molecule has 0 radical (unpaired) electrons. The van der Waals surface area contributed by atoms with Gasteiger partial charge in [0.1, 0.15) is 12.7 Å². The lowest BCUT2D eigenvalue weighted by molar-refractivity contribution is -0.132. The number of carbonyl (C=O) groups excluding carboxylic acids is 2. The topological polar surface area (TPSA) is 102 Å². The monoisotopic (exact) mass is 513 g/mol. The molecule has 5 rings (SSSR count). The van der Waals surface area contributed by atoms with Crippen LogP contribution >= 0.6 is 0 Å². The second kappa shape index (κ2) is 10.4. The number of halogens is 1. The lowest BCUT2D eigenvalue weighted by Gasteiger charge is -2.37. The first-order chi connectivity index (χ1) is 17.7. The van der Waals surface area contributed by atoms with E-state index in [9.17, 15) is 24.2 Å². The molecule has 2 aliphatic heterocycles. The van der Waals surface area contributed by atoms with Crippen molar-refractivity contribution >= 4 is 17.5 Å². The van der Waals surface area contributed by atoms with Crippen molar-refractivity contribution in [2.45, 2.75) is 64.5 Å². The highest BCUT2D eigenvalue weighted by atomic mass is 19.1. The Morgan fingerprint density at radius 3 is 2.54 bits per heavy atom. The number of hydrogen-bond acceptors (Lipinski definition) is 6. The lowest BCUT2D eigenvalue weighted by Crippen LogP contribution is -2.50. The average Bonchev–Trinajstić information content (AvgIpc) is 3.26. The van der Waals surface area contributed by atoms with Crippen molar-refractivity contribution < 1.29 is 24.2 Å². The molecule has 0 bridgehead atoms. The molecule has 1 aromatic carbocycles. The summed E-state index contributed by atoms with van der Waals surface area (Å²) in [5.74, 6) is -0.513. The molecule has 0 saturated carbocycles. The first-order valence-electron chi connectivity index (χ1n) is 13.2. The Labute approximate surface area is 216 Å². The summed E-state index contributed by atoms with van der Waals surface area (Å²) in [6.45, 7) is 6.84. The molecule has 3 heterocycles. The van der Waals surface area contributed by atoms with Gasteiger partial charge in [0.2, 0.25) is 5.91 Å². The number of amides is 2. The van der Waals surface area contributed by atoms with E-state index in [4.69, 9.17) is 0 Å². The molecule has 2 fully saturated rings. The van der Waals surface area contributed by atoms with E-state index in [1.165, 1.54) is 26.4 Å². The Bertz CT molecular complexity index is 1180. The van der Waals surface area contributed by atoms with Crippen LogP contribution in [-0.2, 0) is 17.8 Å². The number of alkyl halides is 1. The van der Waals surface area contributed by atoms with E-state index in [2.05, 4.69) is 42.0 Å². The van der Waals surface area contributed by atoms with Crippen molar-refractivity contribution in [1.29, 1.82) is 0 Å². The van der Waals surface area contributed by atoms with Crippen LogP contribution < -0.4 is 4.90 Å². The van der Waals surface area contributed by atoms with E-state index >= 15 is 0 Å². The summed E-state index contributed by atoms with van der Waals surface area (Å²) >= 11 is 0. The third kappa shape index (κ3) is 4.96. The number of aromatic nitrogens is 2. The van der Waals surface area contributed by atoms with Crippen LogP contribution in [-0.4, -0.2) is 93.2 Å². The average molecular weight is 514 g/mol. The molecule has 2 amide bonds. The van der Waals surface area contributed by atoms with Crippen molar-refractivity contribution in [2.75, 3.05) is 44.2 Å². The first-order valence-corrected chi connectivity index (χ1v) is 13.2. The first kappa shape index (κ1) is 25.7. The second-order valence-corrected chi connectivity index (χ2v) is 10.5. The molecule has 10 heteroatoms. The molecule has 1 aromatic heterocycles. The Balaban J connectivity index is 1.30. The van der Waals surface area contributed by atoms with Crippen molar-refractivity contribution in [3.63, 3.8) is 0 Å². The van der Waals surface area contributed by atoms with Crippen LogP contribution in [0.2, 0.25) is 0 Å². The number of aryl methyl sites for hydroxylation is 1. The summed E-state index contributed by atoms with van der Waals surface area (Å²) < 4.78 is 15.6. The van der Waals surface area contributed by atoms with Crippen LogP contribution in [0.4, 0.5) is 10.1 Å². The van der Waals surface area contributed by atoms with E-state index in [0.29, 0.717) is 43.6 Å². The minimum atomic E-state index is -1.50. The van der Waals surface area contributed by atoms with E-state index in [0.717, 1.165) is 13.1 Å². The molecule has 1 unspecified atom stereocenters. The van der Waals surface area contributed by atoms with E-state index in [-0.39, 0.29) is 37.7 Å². The fraction of sp³-hybridized carbons (Fsp3) is 0.593. The van der Waals surface area contributed by atoms with E-state index in [1.54, 1.807) is 0 Å².